The summed E-state index contributed by atoms with van der Waals surface area (Å²) < 4.78 is -0.759. The molecule has 7 amide bonds. The number of urea groups is 1. The van der Waals surface area contributed by atoms with E-state index in [1.54, 1.807) is 67.6 Å². The van der Waals surface area contributed by atoms with Crippen molar-refractivity contribution in [3.05, 3.63) is 179 Å². The van der Waals surface area contributed by atoms with Crippen molar-refractivity contribution in [2.45, 2.75) is 158 Å². The number of hydrogen-bond donors (Lipinski definition) is 10. The Morgan fingerprint density at radius 3 is 1.42 bits per heavy atom. The van der Waals surface area contributed by atoms with Crippen molar-refractivity contribution >= 4 is 82.6 Å². The van der Waals surface area contributed by atoms with Crippen LogP contribution in [-0.4, -0.2) is 136 Å². The van der Waals surface area contributed by atoms with Gasteiger partial charge in [0.2, 0.25) is 29.5 Å². The first kappa shape index (κ1) is 78.2. The number of hydrogen-bond acceptors (Lipinski definition) is 13. The molecule has 22 nitrogen and oxygen atoms in total. The average molecular weight is 1350 g/mol. The van der Waals surface area contributed by atoms with Gasteiger partial charge in [0, 0.05) is 57.0 Å². The zero-order chi connectivity index (χ0) is 70.2. The molecule has 0 aliphatic carbocycles. The molecule has 0 bridgehead atoms. The van der Waals surface area contributed by atoms with Crippen LogP contribution < -0.4 is 37.2 Å². The summed E-state index contributed by atoms with van der Waals surface area (Å²) in [6.07, 6.45) is 6.02. The van der Waals surface area contributed by atoms with Gasteiger partial charge in [0.15, 0.2) is 11.6 Å². The Balaban J connectivity index is 1.01. The van der Waals surface area contributed by atoms with Gasteiger partial charge in [-0.05, 0) is 98.9 Å². The van der Waals surface area contributed by atoms with Crippen molar-refractivity contribution in [1.29, 1.82) is 0 Å². The van der Waals surface area contributed by atoms with Crippen molar-refractivity contribution < 1.29 is 72.9 Å². The van der Waals surface area contributed by atoms with E-state index in [1.165, 1.54) is 11.8 Å². The Morgan fingerprint density at radius 2 is 0.897 bits per heavy atom. The van der Waals surface area contributed by atoms with Gasteiger partial charge in [0.1, 0.15) is 11.8 Å². The van der Waals surface area contributed by atoms with Gasteiger partial charge in [-0.2, -0.15) is 0 Å². The molecular formula is C74H93N7O15S. The zero-order valence-electron chi connectivity index (χ0n) is 55.1. The summed E-state index contributed by atoms with van der Waals surface area (Å²) in [4.78, 5) is 154. The lowest BCUT2D eigenvalue weighted by atomic mass is 9.84. The molecule has 0 saturated carbocycles. The van der Waals surface area contributed by atoms with Gasteiger partial charge in [-0.25, -0.2) is 9.59 Å². The number of Topliss-reactive ketones (excluding diaryl/α,β-unsaturated/α-hetero) is 3. The van der Waals surface area contributed by atoms with E-state index in [2.05, 4.69) is 37.2 Å². The van der Waals surface area contributed by atoms with Gasteiger partial charge < -0.3 is 52.5 Å². The monoisotopic (exact) mass is 1350 g/mol. The molecule has 0 spiro atoms. The Bertz CT molecular complexity index is 3230. The number of aliphatic carboxylic acids is 3. The number of amides is 7. The molecule has 23 heteroatoms. The van der Waals surface area contributed by atoms with Crippen molar-refractivity contribution in [2.75, 3.05) is 31.9 Å². The molecule has 0 aromatic heterocycles. The number of rotatable bonds is 48. The summed E-state index contributed by atoms with van der Waals surface area (Å²) in [5.41, 5.74) is 4.34. The number of unbranched alkanes of at least 4 members (excludes halogenated alkanes) is 6. The summed E-state index contributed by atoms with van der Waals surface area (Å²) >= 11 is 1.41. The average Bonchev–Trinajstić information content (AvgIpc) is 0.762. The Kier molecular flexibility index (Phi) is 35.1. The van der Waals surface area contributed by atoms with Crippen LogP contribution >= 0.6 is 11.8 Å². The minimum Gasteiger partial charge on any atom is -0.481 e. The van der Waals surface area contributed by atoms with Crippen LogP contribution in [0.25, 0.3) is 0 Å². The first-order chi connectivity index (χ1) is 46.7. The van der Waals surface area contributed by atoms with Crippen LogP contribution in [-0.2, 0) is 70.3 Å². The largest absolute Gasteiger partial charge is 0.481 e. The van der Waals surface area contributed by atoms with Crippen LogP contribution in [0.1, 0.15) is 150 Å². The quantitative estimate of drug-likeness (QED) is 0.0129. The lowest BCUT2D eigenvalue weighted by molar-refractivity contribution is -0.144. The molecule has 0 saturated heterocycles. The second-order valence-corrected chi connectivity index (χ2v) is 25.4. The third-order valence-electron chi connectivity index (χ3n) is 16.4. The number of nitrogens with one attached hydrogen (secondary N) is 7. The van der Waals surface area contributed by atoms with Crippen LogP contribution in [0.2, 0.25) is 0 Å². The maximum Gasteiger partial charge on any atom is 0.326 e. The summed E-state index contributed by atoms with van der Waals surface area (Å²) in [6, 6.07) is 44.0. The smallest absolute Gasteiger partial charge is 0.326 e. The fourth-order valence-corrected chi connectivity index (χ4v) is 12.5. The predicted octanol–water partition coefficient (Wildman–Crippen LogP) is 8.42. The molecule has 5 aromatic carbocycles. The number of carboxylic acid groups (broad SMARTS) is 3. The van der Waals surface area contributed by atoms with Crippen molar-refractivity contribution in [2.24, 2.45) is 11.8 Å². The van der Waals surface area contributed by atoms with Crippen LogP contribution in [0.15, 0.2) is 152 Å². The van der Waals surface area contributed by atoms with Gasteiger partial charge in [0.25, 0.3) is 0 Å². The standard InChI is InChI=1S/C74H93N7O15S/c1-52(41-42-69(89)90)79-73(96)81-62(72(94)95)39-24-25-43-75-65(85)40-23-3-2-21-37-60(82)38-22-6-14-30-55(71(92)93)47-64(84)63(45-54-28-12-5-13-29-54)80-70(91)56(44-53-26-10-4-11-27-53)46-61(83)48-76-66(86)49-77-67(87)50-78-68(88)51-97-74(57-31-15-7-16-32-57,58-33-17-8-18-34-58)59-35-19-9-20-36-59/h4-5,7-13,15-20,26-29,31-36,52,55-56,62-63H,2-3,6,14,21-25,30,37-51H2,1H3,(H,75,85)(H,76,86)(H,77,87)(H,78,88)(H,80,91)(H,89,90)(H,92,93)(H,94,95)(H2,79,81,96)/t52-,55?,56?,62+,63?/m1/s1. The Labute approximate surface area is 571 Å². The van der Waals surface area contributed by atoms with Crippen LogP contribution in [0, 0.1) is 11.8 Å². The number of thioether (sulfide) groups is 1. The molecule has 5 aromatic rings. The van der Waals surface area contributed by atoms with Crippen molar-refractivity contribution in [3.8, 4) is 0 Å². The molecule has 97 heavy (non-hydrogen) atoms. The van der Waals surface area contributed by atoms with Crippen molar-refractivity contribution in [1.82, 2.24) is 37.2 Å². The van der Waals surface area contributed by atoms with E-state index in [1.807, 2.05) is 91.0 Å². The molecule has 0 aliphatic heterocycles. The normalized spacial score (nSPS) is 12.6. The first-order valence-corrected chi connectivity index (χ1v) is 34.3. The maximum absolute atomic E-state index is 14.3. The molecule has 0 aliphatic rings. The SMILES string of the molecule is C[C@H](CCC(=O)O)NC(=O)N[C@@H](CCCCNC(=O)CCCCCCC(=O)CCCCCC(CC(=O)C(Cc1ccccc1)NC(=O)C(CC(=O)CNC(=O)CNC(=O)CNC(=O)CSC(c1ccccc1)(c1ccccc1)c1ccccc1)Cc1ccccc1)C(=O)O)C(=O)O. The van der Waals surface area contributed by atoms with Gasteiger partial charge in [-0.15, -0.1) is 11.8 Å². The highest BCUT2D eigenvalue weighted by Crippen LogP contribution is 2.48. The second kappa shape index (κ2) is 43.5. The predicted molar refractivity (Wildman–Crippen MR) is 369 cm³/mol. The van der Waals surface area contributed by atoms with E-state index >= 15 is 0 Å². The fraction of sp³-hybridized carbons (Fsp3) is 0.432. The molecule has 0 fully saturated rings. The molecule has 520 valence electrons. The van der Waals surface area contributed by atoms with Crippen LogP contribution in [0.3, 0.4) is 0 Å². The van der Waals surface area contributed by atoms with Gasteiger partial charge in [-0.3, -0.25) is 47.9 Å². The number of carbonyl (C=O) groups is 12. The lowest BCUT2D eigenvalue weighted by Gasteiger charge is -2.35. The minimum absolute atomic E-state index is 0.00953. The Hall–Kier alpha value is -9.51. The Morgan fingerprint density at radius 1 is 0.412 bits per heavy atom. The molecule has 3 unspecified atom stereocenters. The van der Waals surface area contributed by atoms with E-state index in [-0.39, 0.29) is 68.8 Å². The van der Waals surface area contributed by atoms with E-state index in [4.69, 9.17) is 5.11 Å². The number of carbonyl (C=O) groups excluding carboxylic acids is 9. The summed E-state index contributed by atoms with van der Waals surface area (Å²) in [5.74, 6) is -8.87. The minimum atomic E-state index is -1.21. The topological polar surface area (TPSA) is 350 Å². The third kappa shape index (κ3) is 30.0. The molecule has 0 radical (unpaired) electrons. The number of benzene rings is 5. The van der Waals surface area contributed by atoms with Gasteiger partial charge in [-0.1, -0.05) is 177 Å². The van der Waals surface area contributed by atoms with Crippen molar-refractivity contribution in [3.63, 3.8) is 0 Å². The molecule has 0 heterocycles. The highest BCUT2D eigenvalue weighted by Gasteiger charge is 2.38. The fourth-order valence-electron chi connectivity index (χ4n) is 11.1. The van der Waals surface area contributed by atoms with E-state index in [0.29, 0.717) is 76.3 Å². The van der Waals surface area contributed by atoms with E-state index < -0.39 is 113 Å². The summed E-state index contributed by atoms with van der Waals surface area (Å²) in [6.45, 7) is 0.576. The molecule has 5 rings (SSSR count). The first-order valence-electron chi connectivity index (χ1n) is 33.3. The molecule has 10 N–H and O–H groups in total. The molecule has 5 atom stereocenters. The highest BCUT2D eigenvalue weighted by atomic mass is 32.2. The van der Waals surface area contributed by atoms with E-state index in [9.17, 15) is 67.7 Å². The summed E-state index contributed by atoms with van der Waals surface area (Å²) in [5, 5.41) is 46.8. The lowest BCUT2D eigenvalue weighted by Crippen LogP contribution is -2.48. The van der Waals surface area contributed by atoms with Gasteiger partial charge in [0.05, 0.1) is 42.1 Å². The molecular weight excluding hydrogens is 1260 g/mol. The third-order valence-corrected chi connectivity index (χ3v) is 18.0. The van der Waals surface area contributed by atoms with Gasteiger partial charge >= 0.3 is 23.9 Å². The maximum atomic E-state index is 14.3. The highest BCUT2D eigenvalue weighted by molar-refractivity contribution is 8.01. The zero-order valence-corrected chi connectivity index (χ0v) is 56.0. The summed E-state index contributed by atoms with van der Waals surface area (Å²) in [7, 11) is 0. The van der Waals surface area contributed by atoms with E-state index in [0.717, 1.165) is 35.1 Å². The number of ketones is 3. The number of carboxylic acids is 3. The van der Waals surface area contributed by atoms with Crippen LogP contribution in [0.5, 0.6) is 0 Å². The van der Waals surface area contributed by atoms with Crippen LogP contribution in [0.4, 0.5) is 4.79 Å². The second-order valence-electron chi connectivity index (χ2n) is 24.2.